The Hall–Kier alpha value is -1.81. The summed E-state index contributed by atoms with van der Waals surface area (Å²) in [6.07, 6.45) is 3.77. The van der Waals surface area contributed by atoms with Crippen LogP contribution < -0.4 is 10.6 Å². The predicted octanol–water partition coefficient (Wildman–Crippen LogP) is 1.91. The van der Waals surface area contributed by atoms with Crippen LogP contribution in [0.5, 0.6) is 0 Å². The number of rotatable bonds is 2. The average Bonchev–Trinajstić information content (AvgIpc) is 2.87. The number of hydrogen-bond donors (Lipinski definition) is 2. The molecule has 1 saturated heterocycles. The summed E-state index contributed by atoms with van der Waals surface area (Å²) >= 11 is 0. The molecule has 0 spiro atoms. The number of benzene rings is 1. The monoisotopic (exact) mass is 244 g/mol. The van der Waals surface area contributed by atoms with Crippen molar-refractivity contribution in [2.24, 2.45) is 0 Å². The fraction of sp³-hybridized carbons (Fsp3) is 0.357. The Morgan fingerprint density at radius 3 is 3.17 bits per heavy atom. The third-order valence-electron chi connectivity index (χ3n) is 3.37. The van der Waals surface area contributed by atoms with Gasteiger partial charge in [0.2, 0.25) is 0 Å². The van der Waals surface area contributed by atoms with Crippen LogP contribution >= 0.6 is 0 Å². The molecule has 18 heavy (non-hydrogen) atoms. The molecule has 0 radical (unpaired) electrons. The Kier molecular flexibility index (Phi) is 3.02. The summed E-state index contributed by atoms with van der Waals surface area (Å²) in [5.74, 6) is -0.0179. The zero-order valence-corrected chi connectivity index (χ0v) is 10.1. The van der Waals surface area contributed by atoms with Crippen molar-refractivity contribution in [3.05, 3.63) is 36.1 Å². The van der Waals surface area contributed by atoms with Gasteiger partial charge in [-0.2, -0.15) is 0 Å². The molecule has 1 atom stereocenters. The van der Waals surface area contributed by atoms with E-state index >= 15 is 0 Å². The van der Waals surface area contributed by atoms with Gasteiger partial charge in [-0.1, -0.05) is 6.07 Å². The minimum atomic E-state index is -0.0179. The van der Waals surface area contributed by atoms with E-state index in [1.807, 2.05) is 24.3 Å². The lowest BCUT2D eigenvalue weighted by atomic mass is 10.1. The minimum Gasteiger partial charge on any atom is -0.464 e. The maximum atomic E-state index is 12.2. The molecule has 1 fully saturated rings. The van der Waals surface area contributed by atoms with Crippen molar-refractivity contribution < 1.29 is 9.21 Å². The predicted molar refractivity (Wildman–Crippen MR) is 69.6 cm³/mol. The van der Waals surface area contributed by atoms with Gasteiger partial charge in [-0.3, -0.25) is 4.79 Å². The van der Waals surface area contributed by atoms with Crippen molar-refractivity contribution in [1.29, 1.82) is 0 Å². The first kappa shape index (κ1) is 11.3. The summed E-state index contributed by atoms with van der Waals surface area (Å²) in [6.45, 7) is 1.90. The number of piperidine rings is 1. The van der Waals surface area contributed by atoms with Gasteiger partial charge in [0.05, 0.1) is 11.8 Å². The lowest BCUT2D eigenvalue weighted by Crippen LogP contribution is -2.45. The van der Waals surface area contributed by atoms with Crippen LogP contribution in [0.1, 0.15) is 23.2 Å². The van der Waals surface area contributed by atoms with Crippen LogP contribution in [0, 0.1) is 0 Å². The van der Waals surface area contributed by atoms with Gasteiger partial charge in [-0.05, 0) is 37.6 Å². The molecule has 1 amide bonds. The van der Waals surface area contributed by atoms with Gasteiger partial charge in [0.15, 0.2) is 0 Å². The Morgan fingerprint density at radius 2 is 2.33 bits per heavy atom. The highest BCUT2D eigenvalue weighted by atomic mass is 16.3. The number of nitrogens with one attached hydrogen (secondary N) is 2. The first-order chi connectivity index (χ1) is 8.84. The summed E-state index contributed by atoms with van der Waals surface area (Å²) < 4.78 is 5.31. The molecular formula is C14H16N2O2. The van der Waals surface area contributed by atoms with Crippen molar-refractivity contribution in [2.75, 3.05) is 13.1 Å². The lowest BCUT2D eigenvalue weighted by molar-refractivity contribution is 0.0932. The van der Waals surface area contributed by atoms with Crippen LogP contribution in [0.3, 0.4) is 0 Å². The largest absolute Gasteiger partial charge is 0.464 e. The van der Waals surface area contributed by atoms with E-state index in [4.69, 9.17) is 4.42 Å². The molecule has 0 aliphatic carbocycles. The molecule has 4 heteroatoms. The fourth-order valence-electron chi connectivity index (χ4n) is 2.43. The first-order valence-electron chi connectivity index (χ1n) is 6.32. The van der Waals surface area contributed by atoms with E-state index in [0.29, 0.717) is 5.56 Å². The number of furan rings is 1. The summed E-state index contributed by atoms with van der Waals surface area (Å²) in [4.78, 5) is 12.2. The summed E-state index contributed by atoms with van der Waals surface area (Å²) in [7, 11) is 0. The smallest absolute Gasteiger partial charge is 0.252 e. The Labute approximate surface area is 105 Å². The van der Waals surface area contributed by atoms with Gasteiger partial charge < -0.3 is 15.1 Å². The van der Waals surface area contributed by atoms with E-state index in [9.17, 15) is 4.79 Å². The zero-order valence-electron chi connectivity index (χ0n) is 10.1. The van der Waals surface area contributed by atoms with E-state index in [-0.39, 0.29) is 11.9 Å². The number of hydrogen-bond acceptors (Lipinski definition) is 3. The molecule has 1 aromatic heterocycles. The van der Waals surface area contributed by atoms with Gasteiger partial charge >= 0.3 is 0 Å². The van der Waals surface area contributed by atoms with Crippen molar-refractivity contribution >= 4 is 16.9 Å². The number of carbonyl (C=O) groups excluding carboxylic acids is 1. The topological polar surface area (TPSA) is 54.3 Å². The second-order valence-electron chi connectivity index (χ2n) is 4.65. The van der Waals surface area contributed by atoms with Crippen LogP contribution in [-0.4, -0.2) is 25.0 Å². The second-order valence-corrected chi connectivity index (χ2v) is 4.65. The van der Waals surface area contributed by atoms with Crippen molar-refractivity contribution in [2.45, 2.75) is 18.9 Å². The molecule has 2 heterocycles. The molecule has 4 nitrogen and oxygen atoms in total. The van der Waals surface area contributed by atoms with Gasteiger partial charge in [0, 0.05) is 18.0 Å². The van der Waals surface area contributed by atoms with Crippen LogP contribution in [-0.2, 0) is 0 Å². The highest BCUT2D eigenvalue weighted by Gasteiger charge is 2.18. The first-order valence-corrected chi connectivity index (χ1v) is 6.32. The maximum Gasteiger partial charge on any atom is 0.252 e. The van der Waals surface area contributed by atoms with Gasteiger partial charge in [-0.25, -0.2) is 0 Å². The molecule has 1 aliphatic rings. The molecule has 3 rings (SSSR count). The maximum absolute atomic E-state index is 12.2. The van der Waals surface area contributed by atoms with Gasteiger partial charge in [0.1, 0.15) is 5.58 Å². The number of amides is 1. The second kappa shape index (κ2) is 4.82. The number of carbonyl (C=O) groups is 1. The van der Waals surface area contributed by atoms with Crippen molar-refractivity contribution in [3.8, 4) is 0 Å². The molecule has 2 aromatic rings. The quantitative estimate of drug-likeness (QED) is 0.848. The molecular weight excluding hydrogens is 228 g/mol. The number of fused-ring (bicyclic) bond motifs is 1. The Bertz CT molecular complexity index is 556. The molecule has 1 aliphatic heterocycles. The van der Waals surface area contributed by atoms with Crippen LogP contribution in [0.2, 0.25) is 0 Å². The van der Waals surface area contributed by atoms with Crippen LogP contribution in [0.4, 0.5) is 0 Å². The average molecular weight is 244 g/mol. The van der Waals surface area contributed by atoms with Gasteiger partial charge in [0.25, 0.3) is 5.91 Å². The van der Waals surface area contributed by atoms with E-state index in [2.05, 4.69) is 10.6 Å². The van der Waals surface area contributed by atoms with Gasteiger partial charge in [-0.15, -0.1) is 0 Å². The van der Waals surface area contributed by atoms with Crippen molar-refractivity contribution in [3.63, 3.8) is 0 Å². The third kappa shape index (κ3) is 2.11. The third-order valence-corrected chi connectivity index (χ3v) is 3.37. The highest BCUT2D eigenvalue weighted by molar-refractivity contribution is 6.06. The van der Waals surface area contributed by atoms with E-state index in [0.717, 1.165) is 36.9 Å². The minimum absolute atomic E-state index is 0.0179. The highest BCUT2D eigenvalue weighted by Crippen LogP contribution is 2.20. The summed E-state index contributed by atoms with van der Waals surface area (Å²) in [5, 5.41) is 7.24. The van der Waals surface area contributed by atoms with Crippen LogP contribution in [0.15, 0.2) is 34.9 Å². The van der Waals surface area contributed by atoms with Crippen LogP contribution in [0.25, 0.3) is 11.0 Å². The zero-order chi connectivity index (χ0) is 12.4. The van der Waals surface area contributed by atoms with E-state index < -0.39 is 0 Å². The van der Waals surface area contributed by atoms with E-state index in [1.165, 1.54) is 0 Å². The summed E-state index contributed by atoms with van der Waals surface area (Å²) in [5.41, 5.74) is 1.44. The normalized spacial score (nSPS) is 19.9. The SMILES string of the molecule is O=C(N[C@@H]1CCCNC1)c1cccc2occc12. The Balaban J connectivity index is 1.81. The molecule has 1 aromatic carbocycles. The van der Waals surface area contributed by atoms with Crippen molar-refractivity contribution in [1.82, 2.24) is 10.6 Å². The lowest BCUT2D eigenvalue weighted by Gasteiger charge is -2.23. The summed E-state index contributed by atoms with van der Waals surface area (Å²) in [6, 6.07) is 7.62. The molecule has 2 N–H and O–H groups in total. The van der Waals surface area contributed by atoms with E-state index in [1.54, 1.807) is 6.26 Å². The molecule has 0 bridgehead atoms. The molecule has 0 unspecified atom stereocenters. The fourth-order valence-corrected chi connectivity index (χ4v) is 2.43. The Morgan fingerprint density at radius 1 is 1.39 bits per heavy atom. The molecule has 0 saturated carbocycles. The standard InChI is InChI=1S/C14H16N2O2/c17-14(16-10-3-2-7-15-9-10)12-4-1-5-13-11(12)6-8-18-13/h1,4-6,8,10,15H,2-3,7,9H2,(H,16,17)/t10-/m1/s1. The molecule has 94 valence electrons.